The first-order valence-electron chi connectivity index (χ1n) is 12.5. The molecule has 0 spiro atoms. The lowest BCUT2D eigenvalue weighted by atomic mass is 9.94. The summed E-state index contributed by atoms with van der Waals surface area (Å²) in [6.07, 6.45) is 2.73. The summed E-state index contributed by atoms with van der Waals surface area (Å²) in [5.74, 6) is -1.52. The number of carbonyl (C=O) groups is 2. The fourth-order valence-corrected chi connectivity index (χ4v) is 5.58. The molecule has 3 aromatic carbocycles. The van der Waals surface area contributed by atoms with Gasteiger partial charge in [0, 0.05) is 51.9 Å². The van der Waals surface area contributed by atoms with E-state index in [4.69, 9.17) is 20.8 Å². The van der Waals surface area contributed by atoms with E-state index in [0.29, 0.717) is 33.0 Å². The zero-order chi connectivity index (χ0) is 27.4. The van der Waals surface area contributed by atoms with Gasteiger partial charge in [-0.2, -0.15) is 0 Å². The highest BCUT2D eigenvalue weighted by Crippen LogP contribution is 2.45. The molecule has 1 aliphatic heterocycles. The first kappa shape index (κ1) is 24.8. The minimum atomic E-state index is -0.887. The largest absolute Gasteiger partial charge is 0.503 e. The molecule has 6 rings (SSSR count). The molecule has 7 nitrogen and oxygen atoms in total. The first-order chi connectivity index (χ1) is 18.8. The molecule has 39 heavy (non-hydrogen) atoms. The van der Waals surface area contributed by atoms with Gasteiger partial charge in [0.15, 0.2) is 22.9 Å². The number of benzene rings is 3. The number of anilines is 1. The average molecular weight is 541 g/mol. The number of halogens is 1. The van der Waals surface area contributed by atoms with E-state index in [1.165, 1.54) is 12.0 Å². The number of rotatable bonds is 6. The maximum atomic E-state index is 14.1. The van der Waals surface area contributed by atoms with Crippen molar-refractivity contribution < 1.29 is 23.8 Å². The topological polar surface area (TPSA) is 84.9 Å². The molecule has 1 N–H and O–H groups in total. The number of amides is 1. The van der Waals surface area contributed by atoms with Crippen LogP contribution >= 0.6 is 11.6 Å². The molecule has 8 heteroatoms. The molecule has 5 aromatic rings. The van der Waals surface area contributed by atoms with Crippen molar-refractivity contribution in [1.82, 2.24) is 4.57 Å². The highest BCUT2D eigenvalue weighted by Gasteiger charge is 2.46. The number of aliphatic hydroxyl groups excluding tert-OH is 1. The molecule has 0 saturated heterocycles. The smallest absolute Gasteiger partial charge is 0.294 e. The lowest BCUT2D eigenvalue weighted by Crippen LogP contribution is -2.31. The molecule has 0 aliphatic carbocycles. The number of fused-ring (bicyclic) bond motifs is 2. The van der Waals surface area contributed by atoms with Crippen LogP contribution < -0.4 is 9.64 Å². The maximum Gasteiger partial charge on any atom is 0.294 e. The molecular weight excluding hydrogens is 516 g/mol. The zero-order valence-corrected chi connectivity index (χ0v) is 22.3. The molecule has 0 radical (unpaired) electrons. The number of hydrogen-bond acceptors (Lipinski definition) is 5. The minimum Gasteiger partial charge on any atom is -0.503 e. The Bertz CT molecular complexity index is 1810. The van der Waals surface area contributed by atoms with Crippen molar-refractivity contribution in [2.45, 2.75) is 19.4 Å². The van der Waals surface area contributed by atoms with Crippen LogP contribution in [0.3, 0.4) is 0 Å². The van der Waals surface area contributed by atoms with Crippen molar-refractivity contribution in [1.29, 1.82) is 0 Å². The normalized spacial score (nSPS) is 15.6. The van der Waals surface area contributed by atoms with E-state index in [1.807, 2.05) is 66.3 Å². The van der Waals surface area contributed by atoms with Gasteiger partial charge in [0.25, 0.3) is 5.91 Å². The van der Waals surface area contributed by atoms with Crippen LogP contribution in [0.15, 0.2) is 88.7 Å². The monoisotopic (exact) mass is 540 g/mol. The quantitative estimate of drug-likeness (QED) is 0.236. The predicted molar refractivity (Wildman–Crippen MR) is 151 cm³/mol. The number of ether oxygens (including phenoxy) is 1. The SMILES string of the molecule is CCc1ccc(N2C(=O)C(O)=C(C(=O)c3cc4cc(Cl)cc(OC)c4o3)C2c2cn(C)c3ccccc23)cc1. The van der Waals surface area contributed by atoms with Gasteiger partial charge < -0.3 is 18.8 Å². The Morgan fingerprint density at radius 1 is 1.10 bits per heavy atom. The summed E-state index contributed by atoms with van der Waals surface area (Å²) in [6, 6.07) is 19.2. The summed E-state index contributed by atoms with van der Waals surface area (Å²) in [4.78, 5) is 29.2. The summed E-state index contributed by atoms with van der Waals surface area (Å²) >= 11 is 6.22. The fourth-order valence-electron chi connectivity index (χ4n) is 5.36. The number of Topliss-reactive ketones (excluding diaryl/α,β-unsaturated/α-hetero) is 1. The molecule has 1 atom stereocenters. The number of furan rings is 1. The van der Waals surface area contributed by atoms with Crippen LogP contribution in [-0.2, 0) is 18.3 Å². The van der Waals surface area contributed by atoms with Gasteiger partial charge in [-0.15, -0.1) is 0 Å². The van der Waals surface area contributed by atoms with Crippen LogP contribution in [0.25, 0.3) is 21.9 Å². The third kappa shape index (κ3) is 3.89. The van der Waals surface area contributed by atoms with Crippen LogP contribution in [0.2, 0.25) is 5.02 Å². The number of carbonyl (C=O) groups excluding carboxylic acids is 2. The van der Waals surface area contributed by atoms with Crippen molar-refractivity contribution in [3.8, 4) is 5.75 Å². The maximum absolute atomic E-state index is 14.1. The molecule has 3 heterocycles. The molecular formula is C31H25ClN2O5. The van der Waals surface area contributed by atoms with E-state index in [0.717, 1.165) is 22.9 Å². The van der Waals surface area contributed by atoms with Crippen molar-refractivity contribution >= 4 is 50.9 Å². The van der Waals surface area contributed by atoms with Gasteiger partial charge in [0.05, 0.1) is 18.7 Å². The van der Waals surface area contributed by atoms with Gasteiger partial charge in [0.1, 0.15) is 0 Å². The zero-order valence-electron chi connectivity index (χ0n) is 21.6. The number of aromatic nitrogens is 1. The lowest BCUT2D eigenvalue weighted by molar-refractivity contribution is -0.117. The summed E-state index contributed by atoms with van der Waals surface area (Å²) < 4.78 is 13.3. The van der Waals surface area contributed by atoms with E-state index < -0.39 is 23.5 Å². The van der Waals surface area contributed by atoms with E-state index >= 15 is 0 Å². The lowest BCUT2D eigenvalue weighted by Gasteiger charge is -2.26. The molecule has 1 amide bonds. The van der Waals surface area contributed by atoms with Crippen LogP contribution in [0.1, 0.15) is 34.6 Å². The third-order valence-corrected chi connectivity index (χ3v) is 7.51. The summed E-state index contributed by atoms with van der Waals surface area (Å²) in [7, 11) is 3.39. The summed E-state index contributed by atoms with van der Waals surface area (Å²) in [5, 5.41) is 13.1. The van der Waals surface area contributed by atoms with Crippen LogP contribution in [-0.4, -0.2) is 28.5 Å². The number of aryl methyl sites for hydroxylation is 2. The van der Waals surface area contributed by atoms with E-state index in [1.54, 1.807) is 18.2 Å². The van der Waals surface area contributed by atoms with Crippen LogP contribution in [0.4, 0.5) is 5.69 Å². The standard InChI is InChI=1S/C31H25ClN2O5/c1-4-17-9-11-20(12-10-17)34-27(22-16-33(2)23-8-6-5-7-21(22)23)26(29(36)31(34)37)28(35)24-14-18-13-19(32)15-25(38-3)30(18)39-24/h5-16,27,36H,4H2,1-3H3. The molecule has 2 aromatic heterocycles. The molecule has 0 saturated carbocycles. The Labute approximate surface area is 229 Å². The van der Waals surface area contributed by atoms with Crippen LogP contribution in [0.5, 0.6) is 5.75 Å². The van der Waals surface area contributed by atoms with E-state index in [-0.39, 0.29) is 11.3 Å². The van der Waals surface area contributed by atoms with Crippen molar-refractivity contribution in [3.63, 3.8) is 0 Å². The number of ketones is 1. The second-order valence-corrected chi connectivity index (χ2v) is 9.98. The fraction of sp³-hybridized carbons (Fsp3) is 0.161. The minimum absolute atomic E-state index is 0.0339. The van der Waals surface area contributed by atoms with Crippen molar-refractivity contribution in [3.05, 3.63) is 106 Å². The molecule has 0 fully saturated rings. The number of hydrogen-bond donors (Lipinski definition) is 1. The Morgan fingerprint density at radius 3 is 2.56 bits per heavy atom. The highest BCUT2D eigenvalue weighted by molar-refractivity contribution is 6.31. The van der Waals surface area contributed by atoms with Crippen molar-refractivity contribution in [2.24, 2.45) is 7.05 Å². The first-order valence-corrected chi connectivity index (χ1v) is 12.9. The van der Waals surface area contributed by atoms with Crippen LogP contribution in [0, 0.1) is 0 Å². The van der Waals surface area contributed by atoms with Gasteiger partial charge in [0.2, 0.25) is 5.78 Å². The third-order valence-electron chi connectivity index (χ3n) is 7.29. The van der Waals surface area contributed by atoms with Crippen molar-refractivity contribution in [2.75, 3.05) is 12.0 Å². The number of aliphatic hydroxyl groups is 1. The highest BCUT2D eigenvalue weighted by atomic mass is 35.5. The molecule has 0 bridgehead atoms. The van der Waals surface area contributed by atoms with Gasteiger partial charge in [-0.25, -0.2) is 0 Å². The summed E-state index contributed by atoms with van der Waals surface area (Å²) in [5.41, 5.74) is 3.62. The Morgan fingerprint density at radius 2 is 1.85 bits per heavy atom. The Kier molecular flexibility index (Phi) is 5.96. The number of para-hydroxylation sites is 1. The second kappa shape index (κ2) is 9.36. The number of nitrogens with zero attached hydrogens (tertiary/aromatic N) is 2. The van der Waals surface area contributed by atoms with Gasteiger partial charge in [-0.05, 0) is 42.3 Å². The van der Waals surface area contributed by atoms with Gasteiger partial charge in [-0.1, -0.05) is 48.9 Å². The second-order valence-electron chi connectivity index (χ2n) is 9.54. The van der Waals surface area contributed by atoms with E-state index in [2.05, 4.69) is 6.92 Å². The molecule has 1 unspecified atom stereocenters. The van der Waals surface area contributed by atoms with E-state index in [9.17, 15) is 14.7 Å². The Balaban J connectivity index is 1.55. The van der Waals surface area contributed by atoms with Gasteiger partial charge in [-0.3, -0.25) is 14.5 Å². The van der Waals surface area contributed by atoms with Gasteiger partial charge >= 0.3 is 0 Å². The Hall–Kier alpha value is -4.49. The predicted octanol–water partition coefficient (Wildman–Crippen LogP) is 6.93. The summed E-state index contributed by atoms with van der Waals surface area (Å²) in [6.45, 7) is 2.05. The number of methoxy groups -OCH3 is 1. The average Bonchev–Trinajstić information content (AvgIpc) is 3.60. The molecule has 196 valence electrons. The molecule has 1 aliphatic rings.